The molecule has 0 saturated heterocycles. The van der Waals surface area contributed by atoms with Crippen molar-refractivity contribution in [3.63, 3.8) is 0 Å². The standard InChI is InChI=1S/C19H22ClFN2O/c1-14(15-7-4-3-5-8-15)11-22-19(24)13-23(2)12-16-17(20)9-6-10-18(16)21/h3-10,14H,11-13H2,1-2H3,(H,22,24)/p+1/t14-/m1/s1. The van der Waals surface area contributed by atoms with Gasteiger partial charge in [-0.1, -0.05) is 54.9 Å². The molecule has 0 spiro atoms. The molecule has 0 saturated carbocycles. The van der Waals surface area contributed by atoms with Crippen molar-refractivity contribution in [2.45, 2.75) is 19.4 Å². The summed E-state index contributed by atoms with van der Waals surface area (Å²) in [6.07, 6.45) is 0. The first-order chi connectivity index (χ1) is 11.5. The minimum Gasteiger partial charge on any atom is -0.351 e. The highest BCUT2D eigenvalue weighted by Gasteiger charge is 2.16. The van der Waals surface area contributed by atoms with Crippen molar-refractivity contribution in [2.75, 3.05) is 20.1 Å². The third-order valence-electron chi connectivity index (χ3n) is 3.98. The number of likely N-dealkylation sites (N-methyl/N-ethyl adjacent to an activating group) is 1. The average molecular weight is 350 g/mol. The maximum absolute atomic E-state index is 13.8. The Bertz CT molecular complexity index is 658. The summed E-state index contributed by atoms with van der Waals surface area (Å²) in [7, 11) is 1.85. The second-order valence-electron chi connectivity index (χ2n) is 6.13. The maximum atomic E-state index is 13.8. The summed E-state index contributed by atoms with van der Waals surface area (Å²) in [6, 6.07) is 14.7. The van der Waals surface area contributed by atoms with Crippen LogP contribution in [-0.2, 0) is 11.3 Å². The topological polar surface area (TPSA) is 33.5 Å². The molecular weight excluding hydrogens is 327 g/mol. The SMILES string of the molecule is C[C@H](CNC(=O)C[NH+](C)Cc1c(F)cccc1Cl)c1ccccc1. The van der Waals surface area contributed by atoms with E-state index in [4.69, 9.17) is 11.6 Å². The molecule has 0 aliphatic heterocycles. The van der Waals surface area contributed by atoms with E-state index in [0.717, 1.165) is 4.90 Å². The number of halogens is 2. The van der Waals surface area contributed by atoms with Crippen LogP contribution < -0.4 is 10.2 Å². The van der Waals surface area contributed by atoms with Gasteiger partial charge in [-0.3, -0.25) is 4.79 Å². The molecule has 0 heterocycles. The van der Waals surface area contributed by atoms with E-state index >= 15 is 0 Å². The summed E-state index contributed by atoms with van der Waals surface area (Å²) in [5.41, 5.74) is 1.64. The number of rotatable bonds is 7. The molecule has 5 heteroatoms. The van der Waals surface area contributed by atoms with E-state index in [-0.39, 0.29) is 24.2 Å². The zero-order valence-electron chi connectivity index (χ0n) is 14.0. The first kappa shape index (κ1) is 18.4. The van der Waals surface area contributed by atoms with E-state index in [2.05, 4.69) is 12.2 Å². The smallest absolute Gasteiger partial charge is 0.275 e. The number of amides is 1. The van der Waals surface area contributed by atoms with Gasteiger partial charge >= 0.3 is 0 Å². The predicted octanol–water partition coefficient (Wildman–Crippen LogP) is 2.41. The second-order valence-corrected chi connectivity index (χ2v) is 6.53. The van der Waals surface area contributed by atoms with Crippen LogP contribution in [0.2, 0.25) is 5.02 Å². The fraction of sp³-hybridized carbons (Fsp3) is 0.316. The zero-order chi connectivity index (χ0) is 17.5. The molecule has 1 unspecified atom stereocenters. The molecule has 0 bridgehead atoms. The molecule has 2 N–H and O–H groups in total. The van der Waals surface area contributed by atoms with Crippen molar-refractivity contribution >= 4 is 17.5 Å². The Kier molecular flexibility index (Phi) is 6.76. The number of carbonyl (C=O) groups is 1. The molecule has 128 valence electrons. The van der Waals surface area contributed by atoms with Crippen molar-refractivity contribution in [3.05, 3.63) is 70.5 Å². The van der Waals surface area contributed by atoms with E-state index in [1.807, 2.05) is 37.4 Å². The summed E-state index contributed by atoms with van der Waals surface area (Å²) in [5, 5.41) is 3.34. The molecule has 0 aliphatic carbocycles. The molecule has 1 amide bonds. The Balaban J connectivity index is 1.82. The Labute approximate surface area is 147 Å². The zero-order valence-corrected chi connectivity index (χ0v) is 14.7. The molecule has 0 aromatic heterocycles. The van der Waals surface area contributed by atoms with Gasteiger partial charge in [-0.2, -0.15) is 0 Å². The summed E-state index contributed by atoms with van der Waals surface area (Å²) in [6.45, 7) is 3.29. The molecule has 2 aromatic rings. The maximum Gasteiger partial charge on any atom is 0.275 e. The van der Waals surface area contributed by atoms with Crippen molar-refractivity contribution in [2.24, 2.45) is 0 Å². The van der Waals surface area contributed by atoms with Gasteiger partial charge in [0.05, 0.1) is 17.6 Å². The Morgan fingerprint density at radius 1 is 1.21 bits per heavy atom. The van der Waals surface area contributed by atoms with Gasteiger partial charge in [-0.25, -0.2) is 4.39 Å². The quantitative estimate of drug-likeness (QED) is 0.790. The highest BCUT2D eigenvalue weighted by atomic mass is 35.5. The van der Waals surface area contributed by atoms with Crippen molar-refractivity contribution in [1.29, 1.82) is 0 Å². The molecule has 24 heavy (non-hydrogen) atoms. The largest absolute Gasteiger partial charge is 0.351 e. The number of hydrogen-bond donors (Lipinski definition) is 2. The minimum atomic E-state index is -0.333. The van der Waals surface area contributed by atoms with E-state index in [1.165, 1.54) is 11.6 Å². The lowest BCUT2D eigenvalue weighted by molar-refractivity contribution is -0.885. The normalized spacial score (nSPS) is 13.3. The lowest BCUT2D eigenvalue weighted by atomic mass is 10.0. The minimum absolute atomic E-state index is 0.0530. The fourth-order valence-electron chi connectivity index (χ4n) is 2.57. The molecule has 0 fully saturated rings. The number of quaternary nitrogens is 1. The monoisotopic (exact) mass is 349 g/mol. The Morgan fingerprint density at radius 2 is 1.92 bits per heavy atom. The van der Waals surface area contributed by atoms with E-state index in [0.29, 0.717) is 23.7 Å². The van der Waals surface area contributed by atoms with E-state index < -0.39 is 0 Å². The van der Waals surface area contributed by atoms with Crippen LogP contribution in [-0.4, -0.2) is 26.0 Å². The Hall–Kier alpha value is -1.91. The lowest BCUT2D eigenvalue weighted by Gasteiger charge is -2.17. The molecule has 2 aromatic carbocycles. The average Bonchev–Trinajstić information content (AvgIpc) is 2.57. The summed E-state index contributed by atoms with van der Waals surface area (Å²) in [4.78, 5) is 13.0. The van der Waals surface area contributed by atoms with Crippen LogP contribution in [0.15, 0.2) is 48.5 Å². The van der Waals surface area contributed by atoms with Crippen LogP contribution in [0.3, 0.4) is 0 Å². The molecule has 0 radical (unpaired) electrons. The first-order valence-corrected chi connectivity index (χ1v) is 8.41. The third kappa shape index (κ3) is 5.32. The van der Waals surface area contributed by atoms with Gasteiger partial charge in [0.25, 0.3) is 5.91 Å². The van der Waals surface area contributed by atoms with Crippen LogP contribution in [0, 0.1) is 5.82 Å². The lowest BCUT2D eigenvalue weighted by Crippen LogP contribution is -3.09. The van der Waals surface area contributed by atoms with Crippen LogP contribution in [0.1, 0.15) is 24.0 Å². The third-order valence-corrected chi connectivity index (χ3v) is 4.33. The number of carbonyl (C=O) groups excluding carboxylic acids is 1. The second kappa shape index (κ2) is 8.81. The molecule has 3 nitrogen and oxygen atoms in total. The number of hydrogen-bond acceptors (Lipinski definition) is 1. The molecule has 2 atom stereocenters. The van der Waals surface area contributed by atoms with Crippen molar-refractivity contribution in [3.8, 4) is 0 Å². The van der Waals surface area contributed by atoms with Crippen LogP contribution >= 0.6 is 11.6 Å². The Morgan fingerprint density at radius 3 is 2.58 bits per heavy atom. The van der Waals surface area contributed by atoms with Crippen molar-refractivity contribution in [1.82, 2.24) is 5.32 Å². The molecule has 0 aliphatic rings. The van der Waals surface area contributed by atoms with E-state index in [9.17, 15) is 9.18 Å². The van der Waals surface area contributed by atoms with Gasteiger partial charge in [-0.05, 0) is 23.6 Å². The fourth-order valence-corrected chi connectivity index (χ4v) is 2.80. The highest BCUT2D eigenvalue weighted by molar-refractivity contribution is 6.31. The van der Waals surface area contributed by atoms with Crippen molar-refractivity contribution < 1.29 is 14.1 Å². The number of nitrogens with one attached hydrogen (secondary N) is 2. The van der Waals surface area contributed by atoms with Crippen LogP contribution in [0.25, 0.3) is 0 Å². The predicted molar refractivity (Wildman–Crippen MR) is 94.7 cm³/mol. The highest BCUT2D eigenvalue weighted by Crippen LogP contribution is 2.17. The molecule has 2 rings (SSSR count). The molecular formula is C19H23ClFN2O+. The van der Waals surface area contributed by atoms with Gasteiger partial charge in [-0.15, -0.1) is 0 Å². The summed E-state index contributed by atoms with van der Waals surface area (Å²) in [5.74, 6) is -0.140. The summed E-state index contributed by atoms with van der Waals surface area (Å²) < 4.78 is 13.8. The van der Waals surface area contributed by atoms with Gasteiger partial charge in [0.15, 0.2) is 6.54 Å². The van der Waals surface area contributed by atoms with Crippen LogP contribution in [0.5, 0.6) is 0 Å². The van der Waals surface area contributed by atoms with Gasteiger partial charge in [0.1, 0.15) is 12.4 Å². The number of benzene rings is 2. The van der Waals surface area contributed by atoms with Gasteiger partial charge in [0.2, 0.25) is 0 Å². The van der Waals surface area contributed by atoms with Gasteiger partial charge in [0, 0.05) is 6.54 Å². The van der Waals surface area contributed by atoms with E-state index in [1.54, 1.807) is 12.1 Å². The summed E-state index contributed by atoms with van der Waals surface area (Å²) >= 11 is 6.03. The van der Waals surface area contributed by atoms with Gasteiger partial charge < -0.3 is 10.2 Å². The van der Waals surface area contributed by atoms with Crippen LogP contribution in [0.4, 0.5) is 4.39 Å². The first-order valence-electron chi connectivity index (χ1n) is 8.03.